The van der Waals surface area contributed by atoms with Crippen LogP contribution in [0.3, 0.4) is 0 Å². The quantitative estimate of drug-likeness (QED) is 0.841. The van der Waals surface area contributed by atoms with Crippen LogP contribution in [0.25, 0.3) is 0 Å². The lowest BCUT2D eigenvalue weighted by atomic mass is 10.1. The number of nitrogen functional groups attached to an aromatic ring is 1. The van der Waals surface area contributed by atoms with E-state index in [0.717, 1.165) is 0 Å². The van der Waals surface area contributed by atoms with Crippen molar-refractivity contribution in [2.75, 3.05) is 5.73 Å². The van der Waals surface area contributed by atoms with E-state index in [4.69, 9.17) is 27.2 Å². The van der Waals surface area contributed by atoms with E-state index in [0.29, 0.717) is 22.1 Å². The van der Waals surface area contributed by atoms with Gasteiger partial charge < -0.3 is 15.6 Å². The summed E-state index contributed by atoms with van der Waals surface area (Å²) in [6, 6.07) is 12.3. The van der Waals surface area contributed by atoms with Crippen LogP contribution in [0.5, 0.6) is 11.5 Å². The summed E-state index contributed by atoms with van der Waals surface area (Å²) in [4.78, 5) is 10.9. The highest BCUT2D eigenvalue weighted by Crippen LogP contribution is 2.34. The number of hydrogen-bond acceptors (Lipinski definition) is 3. The zero-order valence-corrected chi connectivity index (χ0v) is 10.7. The third-order valence-corrected chi connectivity index (χ3v) is 2.89. The SMILES string of the molecule is Nc1c(Cl)ccc(Oc2ccccc2)c1CC(=O)O. The van der Waals surface area contributed by atoms with Crippen LogP contribution in [0, 0.1) is 0 Å². The Morgan fingerprint density at radius 3 is 2.53 bits per heavy atom. The van der Waals surface area contributed by atoms with Crippen molar-refractivity contribution in [1.29, 1.82) is 0 Å². The summed E-state index contributed by atoms with van der Waals surface area (Å²) < 4.78 is 5.64. The van der Waals surface area contributed by atoms with Crippen molar-refractivity contribution in [3.8, 4) is 11.5 Å². The molecule has 98 valence electrons. The molecule has 0 amide bonds. The van der Waals surface area contributed by atoms with E-state index in [1.165, 1.54) is 0 Å². The molecule has 5 heteroatoms. The lowest BCUT2D eigenvalue weighted by Gasteiger charge is -2.13. The van der Waals surface area contributed by atoms with Crippen LogP contribution in [-0.2, 0) is 11.2 Å². The first-order valence-corrected chi connectivity index (χ1v) is 5.97. The molecule has 0 spiro atoms. The fraction of sp³-hybridized carbons (Fsp3) is 0.0714. The molecule has 2 rings (SSSR count). The second-order valence-corrected chi connectivity index (χ2v) is 4.33. The highest BCUT2D eigenvalue weighted by molar-refractivity contribution is 6.33. The smallest absolute Gasteiger partial charge is 0.308 e. The standard InChI is InChI=1S/C14H12ClNO3/c15-11-6-7-12(10(14(11)16)8-13(17)18)19-9-4-2-1-3-5-9/h1-7H,8,16H2,(H,17,18). The van der Waals surface area contributed by atoms with Gasteiger partial charge in [-0.15, -0.1) is 0 Å². The van der Waals surface area contributed by atoms with E-state index in [9.17, 15) is 4.79 Å². The largest absolute Gasteiger partial charge is 0.481 e. The summed E-state index contributed by atoms with van der Waals surface area (Å²) in [6.45, 7) is 0. The number of nitrogens with two attached hydrogens (primary N) is 1. The molecule has 3 N–H and O–H groups in total. The molecule has 0 aliphatic rings. The number of hydrogen-bond donors (Lipinski definition) is 2. The molecule has 2 aromatic carbocycles. The van der Waals surface area contributed by atoms with E-state index in [1.807, 2.05) is 18.2 Å². The molecule has 0 saturated carbocycles. The van der Waals surface area contributed by atoms with Crippen LogP contribution >= 0.6 is 11.6 Å². The number of ether oxygens (including phenoxy) is 1. The van der Waals surface area contributed by atoms with Crippen molar-refractivity contribution in [2.45, 2.75) is 6.42 Å². The highest BCUT2D eigenvalue weighted by Gasteiger charge is 2.15. The molecule has 0 unspecified atom stereocenters. The van der Waals surface area contributed by atoms with Crippen molar-refractivity contribution in [3.05, 3.63) is 53.1 Å². The highest BCUT2D eigenvalue weighted by atomic mass is 35.5. The van der Waals surface area contributed by atoms with Crippen LogP contribution in [-0.4, -0.2) is 11.1 Å². The Kier molecular flexibility index (Phi) is 3.92. The maximum atomic E-state index is 10.9. The van der Waals surface area contributed by atoms with E-state index in [2.05, 4.69) is 0 Å². The average Bonchev–Trinajstić information content (AvgIpc) is 2.39. The Bertz CT molecular complexity index is 599. The maximum Gasteiger partial charge on any atom is 0.308 e. The maximum absolute atomic E-state index is 10.9. The number of benzene rings is 2. The first kappa shape index (κ1) is 13.2. The van der Waals surface area contributed by atoms with Gasteiger partial charge in [-0.2, -0.15) is 0 Å². The number of rotatable bonds is 4. The summed E-state index contributed by atoms with van der Waals surface area (Å²) in [6.07, 6.45) is -0.242. The fourth-order valence-electron chi connectivity index (χ4n) is 1.66. The molecule has 0 saturated heterocycles. The molecule has 0 atom stereocenters. The van der Waals surface area contributed by atoms with Crippen LogP contribution in [0.15, 0.2) is 42.5 Å². The molecular formula is C14H12ClNO3. The molecule has 2 aromatic rings. The van der Waals surface area contributed by atoms with Crippen molar-refractivity contribution >= 4 is 23.3 Å². The van der Waals surface area contributed by atoms with E-state index >= 15 is 0 Å². The minimum absolute atomic E-state index is 0.234. The lowest BCUT2D eigenvalue weighted by molar-refractivity contribution is -0.136. The number of para-hydroxylation sites is 1. The molecule has 0 bridgehead atoms. The fourth-order valence-corrected chi connectivity index (χ4v) is 1.84. The number of carboxylic acid groups (broad SMARTS) is 1. The second kappa shape index (κ2) is 5.63. The van der Waals surface area contributed by atoms with Gasteiger partial charge in [-0.3, -0.25) is 4.79 Å². The molecule has 0 aliphatic heterocycles. The number of anilines is 1. The minimum Gasteiger partial charge on any atom is -0.481 e. The third-order valence-electron chi connectivity index (χ3n) is 2.56. The van der Waals surface area contributed by atoms with Crippen LogP contribution in [0.1, 0.15) is 5.56 Å². The molecule has 4 nitrogen and oxygen atoms in total. The van der Waals surface area contributed by atoms with Crippen molar-refractivity contribution in [1.82, 2.24) is 0 Å². The number of carboxylic acids is 1. The predicted molar refractivity (Wildman–Crippen MR) is 73.7 cm³/mol. The minimum atomic E-state index is -0.994. The first-order chi connectivity index (χ1) is 9.08. The van der Waals surface area contributed by atoms with Gasteiger partial charge in [-0.1, -0.05) is 29.8 Å². The Morgan fingerprint density at radius 1 is 1.21 bits per heavy atom. The molecule has 0 fully saturated rings. The van der Waals surface area contributed by atoms with Gasteiger partial charge in [0, 0.05) is 5.56 Å². The Morgan fingerprint density at radius 2 is 1.89 bits per heavy atom. The first-order valence-electron chi connectivity index (χ1n) is 5.59. The Labute approximate surface area is 115 Å². The topological polar surface area (TPSA) is 72.5 Å². The van der Waals surface area contributed by atoms with Gasteiger partial charge in [0.05, 0.1) is 17.1 Å². The Hall–Kier alpha value is -2.20. The van der Waals surface area contributed by atoms with Gasteiger partial charge in [0.25, 0.3) is 0 Å². The third kappa shape index (κ3) is 3.17. The van der Waals surface area contributed by atoms with Gasteiger partial charge in [0.2, 0.25) is 0 Å². The van der Waals surface area contributed by atoms with E-state index in [-0.39, 0.29) is 12.1 Å². The summed E-state index contributed by atoms with van der Waals surface area (Å²) in [5.41, 5.74) is 6.42. The van der Waals surface area contributed by atoms with Gasteiger partial charge in [-0.25, -0.2) is 0 Å². The summed E-state index contributed by atoms with van der Waals surface area (Å²) in [5.74, 6) is 0.0123. The normalized spacial score (nSPS) is 10.2. The second-order valence-electron chi connectivity index (χ2n) is 3.92. The van der Waals surface area contributed by atoms with Gasteiger partial charge in [0.15, 0.2) is 0 Å². The Balaban J connectivity index is 2.39. The van der Waals surface area contributed by atoms with Gasteiger partial charge >= 0.3 is 5.97 Å². The van der Waals surface area contributed by atoms with Crippen LogP contribution in [0.2, 0.25) is 5.02 Å². The lowest BCUT2D eigenvalue weighted by Crippen LogP contribution is -2.06. The van der Waals surface area contributed by atoms with Crippen molar-refractivity contribution in [2.24, 2.45) is 0 Å². The summed E-state index contributed by atoms with van der Waals surface area (Å²) in [5, 5.41) is 9.23. The van der Waals surface area contributed by atoms with E-state index < -0.39 is 5.97 Å². The summed E-state index contributed by atoms with van der Waals surface area (Å²) >= 11 is 5.90. The molecular weight excluding hydrogens is 266 g/mol. The van der Waals surface area contributed by atoms with Gasteiger partial charge in [0.1, 0.15) is 11.5 Å². The van der Waals surface area contributed by atoms with Crippen molar-refractivity contribution in [3.63, 3.8) is 0 Å². The summed E-state index contributed by atoms with van der Waals surface area (Å²) in [7, 11) is 0. The molecule has 0 heterocycles. The zero-order valence-electron chi connectivity index (χ0n) is 9.97. The molecule has 19 heavy (non-hydrogen) atoms. The van der Waals surface area contributed by atoms with Gasteiger partial charge in [-0.05, 0) is 24.3 Å². The number of carbonyl (C=O) groups is 1. The van der Waals surface area contributed by atoms with Crippen LogP contribution in [0.4, 0.5) is 5.69 Å². The monoisotopic (exact) mass is 277 g/mol. The van der Waals surface area contributed by atoms with E-state index in [1.54, 1.807) is 24.3 Å². The molecule has 0 aromatic heterocycles. The van der Waals surface area contributed by atoms with Crippen LogP contribution < -0.4 is 10.5 Å². The zero-order chi connectivity index (χ0) is 13.8. The number of halogens is 1. The van der Waals surface area contributed by atoms with Crippen molar-refractivity contribution < 1.29 is 14.6 Å². The average molecular weight is 278 g/mol. The predicted octanol–water partition coefficient (Wildman–Crippen LogP) is 3.34. The number of aliphatic carboxylic acids is 1. The molecule has 0 radical (unpaired) electrons. The molecule has 0 aliphatic carbocycles.